The van der Waals surface area contributed by atoms with E-state index in [4.69, 9.17) is 5.73 Å². The number of nitrogens with one attached hydrogen (secondary N) is 1. The molecule has 0 radical (unpaired) electrons. The molecule has 0 bridgehead atoms. The molecule has 1 heterocycles. The lowest BCUT2D eigenvalue weighted by molar-refractivity contribution is -0.119. The summed E-state index contributed by atoms with van der Waals surface area (Å²) in [4.78, 5) is 15.7. The summed E-state index contributed by atoms with van der Waals surface area (Å²) in [5.74, 6) is 0.452. The van der Waals surface area contributed by atoms with Gasteiger partial charge in [-0.2, -0.15) is 0 Å². The molecule has 0 aliphatic heterocycles. The van der Waals surface area contributed by atoms with E-state index in [9.17, 15) is 4.79 Å². The minimum absolute atomic E-state index is 0.114. The van der Waals surface area contributed by atoms with Crippen LogP contribution >= 0.6 is 0 Å². The van der Waals surface area contributed by atoms with Crippen molar-refractivity contribution in [1.82, 2.24) is 4.98 Å². The first-order chi connectivity index (χ1) is 8.59. The number of carbonyl (C=O) groups excluding carboxylic acids is 1. The molecule has 1 unspecified atom stereocenters. The van der Waals surface area contributed by atoms with Gasteiger partial charge in [0.05, 0.1) is 0 Å². The zero-order valence-corrected chi connectivity index (χ0v) is 10.6. The van der Waals surface area contributed by atoms with Crippen LogP contribution in [0.5, 0.6) is 0 Å². The van der Waals surface area contributed by atoms with Crippen LogP contribution in [0, 0.1) is 5.92 Å². The molecule has 4 nitrogen and oxygen atoms in total. The summed E-state index contributed by atoms with van der Waals surface area (Å²) in [5.41, 5.74) is 5.40. The van der Waals surface area contributed by atoms with E-state index in [-0.39, 0.29) is 11.8 Å². The first kappa shape index (κ1) is 12.4. The fourth-order valence-electron chi connectivity index (χ4n) is 1.95. The van der Waals surface area contributed by atoms with E-state index in [2.05, 4.69) is 10.3 Å². The second-order valence-corrected chi connectivity index (χ2v) is 4.65. The highest BCUT2D eigenvalue weighted by atomic mass is 16.1. The lowest BCUT2D eigenvalue weighted by Crippen LogP contribution is -2.39. The standard InChI is InChI=1S/C14H17N3O/c1-9(2)12(13(15)18)17-14-11-6-4-3-5-10(11)7-8-16-14/h3-9,12H,1-2H3,(H2,15,18)(H,16,17). The highest BCUT2D eigenvalue weighted by Gasteiger charge is 2.20. The summed E-state index contributed by atoms with van der Waals surface area (Å²) < 4.78 is 0. The van der Waals surface area contributed by atoms with E-state index >= 15 is 0 Å². The quantitative estimate of drug-likeness (QED) is 0.864. The number of nitrogens with two attached hydrogens (primary N) is 1. The number of hydrogen-bond acceptors (Lipinski definition) is 3. The molecule has 1 amide bonds. The lowest BCUT2D eigenvalue weighted by atomic mass is 10.0. The van der Waals surface area contributed by atoms with Gasteiger partial charge in [-0.3, -0.25) is 4.79 Å². The molecule has 1 aromatic carbocycles. The first-order valence-electron chi connectivity index (χ1n) is 5.99. The second-order valence-electron chi connectivity index (χ2n) is 4.65. The van der Waals surface area contributed by atoms with Gasteiger partial charge in [-0.25, -0.2) is 4.98 Å². The Balaban J connectivity index is 2.39. The van der Waals surface area contributed by atoms with Gasteiger partial charge in [0.2, 0.25) is 5.91 Å². The molecule has 18 heavy (non-hydrogen) atoms. The van der Waals surface area contributed by atoms with Crippen LogP contribution in [-0.4, -0.2) is 16.9 Å². The molecule has 1 atom stereocenters. The third-order valence-corrected chi connectivity index (χ3v) is 2.94. The lowest BCUT2D eigenvalue weighted by Gasteiger charge is -2.20. The van der Waals surface area contributed by atoms with Crippen LogP contribution in [0.25, 0.3) is 10.8 Å². The molecule has 0 saturated carbocycles. The van der Waals surface area contributed by atoms with Crippen LogP contribution in [0.4, 0.5) is 5.82 Å². The van der Waals surface area contributed by atoms with Crippen LogP contribution < -0.4 is 11.1 Å². The van der Waals surface area contributed by atoms with Crippen molar-refractivity contribution in [2.75, 3.05) is 5.32 Å². The van der Waals surface area contributed by atoms with Crippen molar-refractivity contribution in [2.24, 2.45) is 11.7 Å². The summed E-state index contributed by atoms with van der Waals surface area (Å²) in [6.45, 7) is 3.90. The maximum atomic E-state index is 11.4. The minimum Gasteiger partial charge on any atom is -0.368 e. The van der Waals surface area contributed by atoms with E-state index in [0.717, 1.165) is 10.8 Å². The Morgan fingerprint density at radius 3 is 2.67 bits per heavy atom. The third-order valence-electron chi connectivity index (χ3n) is 2.94. The maximum absolute atomic E-state index is 11.4. The molecule has 0 spiro atoms. The molecule has 4 heteroatoms. The average Bonchev–Trinajstić information content (AvgIpc) is 2.35. The molecule has 3 N–H and O–H groups in total. The number of aromatic nitrogens is 1. The largest absolute Gasteiger partial charge is 0.368 e. The SMILES string of the molecule is CC(C)C(Nc1nccc2ccccc12)C(N)=O. The zero-order chi connectivity index (χ0) is 13.1. The molecule has 0 fully saturated rings. The summed E-state index contributed by atoms with van der Waals surface area (Å²) in [5, 5.41) is 5.21. The monoisotopic (exact) mass is 243 g/mol. The Morgan fingerprint density at radius 2 is 2.00 bits per heavy atom. The zero-order valence-electron chi connectivity index (χ0n) is 10.6. The van der Waals surface area contributed by atoms with Gasteiger partial charge in [-0.05, 0) is 17.4 Å². The van der Waals surface area contributed by atoms with Crippen molar-refractivity contribution in [2.45, 2.75) is 19.9 Å². The molecule has 94 valence electrons. The van der Waals surface area contributed by atoms with Gasteiger partial charge in [0.1, 0.15) is 11.9 Å². The molecule has 0 aliphatic rings. The highest BCUT2D eigenvalue weighted by Crippen LogP contribution is 2.22. The van der Waals surface area contributed by atoms with Crippen LogP contribution in [0.1, 0.15) is 13.8 Å². The Bertz CT molecular complexity index is 560. The maximum Gasteiger partial charge on any atom is 0.240 e. The van der Waals surface area contributed by atoms with Gasteiger partial charge in [0.25, 0.3) is 0 Å². The average molecular weight is 243 g/mol. The summed E-state index contributed by atoms with van der Waals surface area (Å²) in [6.07, 6.45) is 1.73. The van der Waals surface area contributed by atoms with Gasteiger partial charge in [0, 0.05) is 11.6 Å². The van der Waals surface area contributed by atoms with Crippen LogP contribution in [0.15, 0.2) is 36.5 Å². The third kappa shape index (κ3) is 2.42. The highest BCUT2D eigenvalue weighted by molar-refractivity contribution is 5.93. The smallest absolute Gasteiger partial charge is 0.240 e. The van der Waals surface area contributed by atoms with Gasteiger partial charge >= 0.3 is 0 Å². The van der Waals surface area contributed by atoms with E-state index in [1.165, 1.54) is 0 Å². The van der Waals surface area contributed by atoms with Crippen molar-refractivity contribution in [3.8, 4) is 0 Å². The number of hydrogen-bond donors (Lipinski definition) is 2. The molecule has 2 aromatic rings. The van der Waals surface area contributed by atoms with E-state index < -0.39 is 6.04 Å². The summed E-state index contributed by atoms with van der Waals surface area (Å²) >= 11 is 0. The first-order valence-corrected chi connectivity index (χ1v) is 5.99. The number of benzene rings is 1. The topological polar surface area (TPSA) is 68.0 Å². The molecular formula is C14H17N3O. The second kappa shape index (κ2) is 5.04. The normalized spacial score (nSPS) is 12.6. The van der Waals surface area contributed by atoms with Crippen molar-refractivity contribution in [3.63, 3.8) is 0 Å². The predicted octanol–water partition coefficient (Wildman–Crippen LogP) is 2.16. The van der Waals surface area contributed by atoms with Crippen LogP contribution in [-0.2, 0) is 4.79 Å². The number of anilines is 1. The molecule has 1 aromatic heterocycles. The Kier molecular flexibility index (Phi) is 3.46. The molecular weight excluding hydrogens is 226 g/mol. The number of primary amides is 1. The Hall–Kier alpha value is -2.10. The number of amides is 1. The fraction of sp³-hybridized carbons (Fsp3) is 0.286. The predicted molar refractivity (Wildman–Crippen MR) is 73.2 cm³/mol. The van der Waals surface area contributed by atoms with E-state index in [1.54, 1.807) is 6.20 Å². The number of rotatable bonds is 4. The van der Waals surface area contributed by atoms with Crippen molar-refractivity contribution in [1.29, 1.82) is 0 Å². The van der Waals surface area contributed by atoms with Crippen molar-refractivity contribution in [3.05, 3.63) is 36.5 Å². The van der Waals surface area contributed by atoms with E-state index in [1.807, 2.05) is 44.2 Å². The van der Waals surface area contributed by atoms with E-state index in [0.29, 0.717) is 5.82 Å². The van der Waals surface area contributed by atoms with Crippen molar-refractivity contribution < 1.29 is 4.79 Å². The Morgan fingerprint density at radius 1 is 1.28 bits per heavy atom. The Labute approximate surface area is 106 Å². The van der Waals surface area contributed by atoms with Gasteiger partial charge in [0.15, 0.2) is 0 Å². The minimum atomic E-state index is -0.414. The number of nitrogens with zero attached hydrogens (tertiary/aromatic N) is 1. The van der Waals surface area contributed by atoms with Gasteiger partial charge in [-0.1, -0.05) is 38.1 Å². The molecule has 0 saturated heterocycles. The number of fused-ring (bicyclic) bond motifs is 1. The summed E-state index contributed by atoms with van der Waals surface area (Å²) in [7, 11) is 0. The summed E-state index contributed by atoms with van der Waals surface area (Å²) in [6, 6.07) is 9.43. The molecule has 0 aliphatic carbocycles. The van der Waals surface area contributed by atoms with Gasteiger partial charge in [-0.15, -0.1) is 0 Å². The van der Waals surface area contributed by atoms with Gasteiger partial charge < -0.3 is 11.1 Å². The number of carbonyl (C=O) groups is 1. The van der Waals surface area contributed by atoms with Crippen LogP contribution in [0.2, 0.25) is 0 Å². The fourth-order valence-corrected chi connectivity index (χ4v) is 1.95. The van der Waals surface area contributed by atoms with Crippen LogP contribution in [0.3, 0.4) is 0 Å². The number of pyridine rings is 1. The molecule has 2 rings (SSSR count). The van der Waals surface area contributed by atoms with Crippen molar-refractivity contribution >= 4 is 22.5 Å².